The number of benzene rings is 1. The van der Waals surface area contributed by atoms with Crippen LogP contribution in [-0.2, 0) is 9.59 Å². The maximum absolute atomic E-state index is 12.0. The Balaban J connectivity index is 1.99. The molecule has 1 amide bonds. The molecular weight excluding hydrogens is 250 g/mol. The molecule has 98 valence electrons. The molecule has 0 spiro atoms. The van der Waals surface area contributed by atoms with Gasteiger partial charge in [0.25, 0.3) is 5.91 Å². The number of fused-ring (bicyclic) bond motifs is 1. The first kappa shape index (κ1) is 11.7. The van der Waals surface area contributed by atoms with Crippen molar-refractivity contribution in [1.82, 2.24) is 10.2 Å². The number of amides is 1. The van der Waals surface area contributed by atoms with Gasteiger partial charge in [-0.05, 0) is 18.2 Å². The first-order valence-corrected chi connectivity index (χ1v) is 5.73. The average molecular weight is 261 g/mol. The summed E-state index contributed by atoms with van der Waals surface area (Å²) >= 11 is 0. The van der Waals surface area contributed by atoms with Crippen LogP contribution in [0.1, 0.15) is 6.42 Å². The van der Waals surface area contributed by atoms with Crippen molar-refractivity contribution in [1.29, 1.82) is 0 Å². The number of hydrogen-bond donors (Lipinski definition) is 3. The molecule has 1 fully saturated rings. The van der Waals surface area contributed by atoms with Crippen LogP contribution in [0, 0.1) is 0 Å². The predicted molar refractivity (Wildman–Crippen MR) is 65.6 cm³/mol. The number of aliphatic hydroxyl groups is 1. The third-order valence-electron chi connectivity index (χ3n) is 3.39. The molecule has 1 aliphatic heterocycles. The van der Waals surface area contributed by atoms with Crippen LogP contribution in [0.15, 0.2) is 24.4 Å². The summed E-state index contributed by atoms with van der Waals surface area (Å²) in [5, 5.41) is 26.2. The summed E-state index contributed by atoms with van der Waals surface area (Å²) in [7, 11) is 0. The fraction of sp³-hybridized carbons (Fsp3) is 0.250. The van der Waals surface area contributed by atoms with Gasteiger partial charge in [-0.15, -0.1) is 0 Å². The van der Waals surface area contributed by atoms with Gasteiger partial charge in [0.1, 0.15) is 0 Å². The normalized spacial score (nSPS) is 23.2. The van der Waals surface area contributed by atoms with Gasteiger partial charge in [0.05, 0.1) is 11.7 Å². The molecule has 0 radical (unpaired) electrons. The summed E-state index contributed by atoms with van der Waals surface area (Å²) in [6, 6.07) is 5.17. The highest BCUT2D eigenvalue weighted by atomic mass is 16.4. The van der Waals surface area contributed by atoms with Crippen molar-refractivity contribution >= 4 is 28.5 Å². The topological polar surface area (TPSA) is 107 Å². The Labute approximate surface area is 107 Å². The molecule has 1 aromatic heterocycles. The number of anilines is 1. The molecule has 2 heterocycles. The Morgan fingerprint density at radius 1 is 1.47 bits per heavy atom. The summed E-state index contributed by atoms with van der Waals surface area (Å²) in [6.07, 6.45) is 1.49. The monoisotopic (exact) mass is 261 g/mol. The van der Waals surface area contributed by atoms with E-state index in [4.69, 9.17) is 5.11 Å². The van der Waals surface area contributed by atoms with Crippen molar-refractivity contribution in [3.63, 3.8) is 0 Å². The highest BCUT2D eigenvalue weighted by Crippen LogP contribution is 2.30. The number of aromatic nitrogens is 2. The lowest BCUT2D eigenvalue weighted by atomic mass is 10.0. The van der Waals surface area contributed by atoms with Crippen molar-refractivity contribution in [3.8, 4) is 0 Å². The van der Waals surface area contributed by atoms with Crippen molar-refractivity contribution in [2.24, 2.45) is 0 Å². The van der Waals surface area contributed by atoms with Crippen molar-refractivity contribution < 1.29 is 19.8 Å². The Hall–Kier alpha value is -2.41. The van der Waals surface area contributed by atoms with Gasteiger partial charge in [0, 0.05) is 24.0 Å². The van der Waals surface area contributed by atoms with Crippen molar-refractivity contribution in [2.75, 3.05) is 11.4 Å². The lowest BCUT2D eigenvalue weighted by molar-refractivity contribution is -0.162. The Bertz CT molecular complexity index is 680. The predicted octanol–water partition coefficient (Wildman–Crippen LogP) is 0.115. The number of nitrogens with one attached hydrogen (secondary N) is 1. The molecule has 2 aromatic rings. The van der Waals surface area contributed by atoms with Gasteiger partial charge >= 0.3 is 5.97 Å². The number of carbonyl (C=O) groups excluding carboxylic acids is 1. The first-order chi connectivity index (χ1) is 9.02. The van der Waals surface area contributed by atoms with E-state index in [1.54, 1.807) is 24.4 Å². The number of carboxylic acids is 1. The van der Waals surface area contributed by atoms with Crippen LogP contribution < -0.4 is 4.90 Å². The maximum Gasteiger partial charge on any atom is 0.345 e. The van der Waals surface area contributed by atoms with Crippen molar-refractivity contribution in [2.45, 2.75) is 12.0 Å². The van der Waals surface area contributed by atoms with E-state index in [9.17, 15) is 14.7 Å². The second kappa shape index (κ2) is 3.79. The van der Waals surface area contributed by atoms with E-state index in [0.717, 1.165) is 10.9 Å². The highest BCUT2D eigenvalue weighted by molar-refractivity contribution is 6.14. The van der Waals surface area contributed by atoms with E-state index in [1.165, 1.54) is 4.90 Å². The highest BCUT2D eigenvalue weighted by Gasteiger charge is 2.52. The fourth-order valence-corrected chi connectivity index (χ4v) is 2.25. The van der Waals surface area contributed by atoms with Gasteiger partial charge in [0.15, 0.2) is 0 Å². The van der Waals surface area contributed by atoms with Crippen LogP contribution in [0.25, 0.3) is 10.9 Å². The van der Waals surface area contributed by atoms with Gasteiger partial charge < -0.3 is 15.1 Å². The van der Waals surface area contributed by atoms with Crippen LogP contribution in [0.3, 0.4) is 0 Å². The third kappa shape index (κ3) is 1.59. The second-order valence-electron chi connectivity index (χ2n) is 4.51. The molecule has 1 aliphatic rings. The maximum atomic E-state index is 12.0. The lowest BCUT2D eigenvalue weighted by Gasteiger charge is -2.18. The molecule has 0 bridgehead atoms. The zero-order chi connectivity index (χ0) is 13.6. The standard InChI is InChI=1S/C12H11N3O4/c16-10-12(19,11(17)18)3-4-15(10)8-1-2-9-7(5-8)6-13-14-9/h1-2,5-6,19H,3-4H2,(H,13,14)(H,17,18). The summed E-state index contributed by atoms with van der Waals surface area (Å²) in [5.41, 5.74) is -0.939. The Morgan fingerprint density at radius 2 is 2.26 bits per heavy atom. The smallest absolute Gasteiger partial charge is 0.345 e. The molecular formula is C12H11N3O4. The van der Waals surface area contributed by atoms with Crippen LogP contribution in [-0.4, -0.2) is 44.4 Å². The molecule has 19 heavy (non-hydrogen) atoms. The molecule has 1 unspecified atom stereocenters. The molecule has 7 heteroatoms. The lowest BCUT2D eigenvalue weighted by Crippen LogP contribution is -2.46. The Kier molecular flexibility index (Phi) is 2.33. The number of nitrogens with zero attached hydrogens (tertiary/aromatic N) is 2. The molecule has 1 aromatic carbocycles. The summed E-state index contributed by atoms with van der Waals surface area (Å²) in [6.45, 7) is 0.172. The molecule has 3 rings (SSSR count). The van der Waals surface area contributed by atoms with Crippen LogP contribution in [0.5, 0.6) is 0 Å². The molecule has 3 N–H and O–H groups in total. The van der Waals surface area contributed by atoms with Gasteiger partial charge in [-0.3, -0.25) is 9.89 Å². The molecule has 1 atom stereocenters. The average Bonchev–Trinajstić information content (AvgIpc) is 2.95. The largest absolute Gasteiger partial charge is 0.479 e. The summed E-state index contributed by atoms with van der Waals surface area (Å²) in [4.78, 5) is 24.3. The second-order valence-corrected chi connectivity index (χ2v) is 4.51. The van der Waals surface area contributed by atoms with Crippen LogP contribution >= 0.6 is 0 Å². The minimum atomic E-state index is -2.31. The quantitative estimate of drug-likeness (QED) is 0.665. The summed E-state index contributed by atoms with van der Waals surface area (Å²) < 4.78 is 0. The minimum absolute atomic E-state index is 0.120. The number of rotatable bonds is 2. The van der Waals surface area contributed by atoms with Crippen LogP contribution in [0.2, 0.25) is 0 Å². The van der Waals surface area contributed by atoms with Gasteiger partial charge in [0.2, 0.25) is 5.60 Å². The van der Waals surface area contributed by atoms with E-state index >= 15 is 0 Å². The number of aromatic amines is 1. The number of aliphatic carboxylic acids is 1. The molecule has 7 nitrogen and oxygen atoms in total. The Morgan fingerprint density at radius 3 is 2.95 bits per heavy atom. The zero-order valence-corrected chi connectivity index (χ0v) is 9.83. The molecule has 0 saturated carbocycles. The first-order valence-electron chi connectivity index (χ1n) is 5.73. The van der Waals surface area contributed by atoms with E-state index in [0.29, 0.717) is 5.69 Å². The van der Waals surface area contributed by atoms with Gasteiger partial charge in [-0.1, -0.05) is 0 Å². The van der Waals surface area contributed by atoms with E-state index in [1.807, 2.05) is 0 Å². The van der Waals surface area contributed by atoms with E-state index in [-0.39, 0.29) is 13.0 Å². The van der Waals surface area contributed by atoms with Gasteiger partial charge in [-0.25, -0.2) is 4.79 Å². The minimum Gasteiger partial charge on any atom is -0.479 e. The van der Waals surface area contributed by atoms with E-state index < -0.39 is 17.5 Å². The van der Waals surface area contributed by atoms with Crippen LogP contribution in [0.4, 0.5) is 5.69 Å². The van der Waals surface area contributed by atoms with Crippen molar-refractivity contribution in [3.05, 3.63) is 24.4 Å². The SMILES string of the molecule is O=C(O)C1(O)CCN(c2ccc3[nH]ncc3c2)C1=O. The number of hydrogen-bond acceptors (Lipinski definition) is 4. The number of carbonyl (C=O) groups is 2. The fourth-order valence-electron chi connectivity index (χ4n) is 2.25. The zero-order valence-electron chi connectivity index (χ0n) is 9.83. The number of H-pyrrole nitrogens is 1. The number of carboxylic acid groups (broad SMARTS) is 1. The van der Waals surface area contributed by atoms with E-state index in [2.05, 4.69) is 10.2 Å². The van der Waals surface area contributed by atoms with Gasteiger partial charge in [-0.2, -0.15) is 5.10 Å². The summed E-state index contributed by atoms with van der Waals surface area (Å²) in [5.74, 6) is -2.31. The third-order valence-corrected chi connectivity index (χ3v) is 3.39. The molecule has 1 saturated heterocycles. The molecule has 0 aliphatic carbocycles.